The van der Waals surface area contributed by atoms with Crippen LogP contribution in [-0.2, 0) is 9.53 Å². The van der Waals surface area contributed by atoms with Crippen molar-refractivity contribution in [1.29, 1.82) is 0 Å². The molecule has 0 aromatic heterocycles. The zero-order valence-electron chi connectivity index (χ0n) is 15.4. The Kier molecular flexibility index (Phi) is 5.13. The van der Waals surface area contributed by atoms with Crippen molar-refractivity contribution in [2.24, 2.45) is 5.92 Å². The number of hydrogen-bond donors (Lipinski definition) is 1. The Morgan fingerprint density at radius 2 is 1.84 bits per heavy atom. The fourth-order valence-corrected chi connectivity index (χ4v) is 3.65. The molecule has 0 saturated carbocycles. The number of carbonyl (C=O) groups excluding carboxylic acids is 2. The molecule has 1 spiro atoms. The summed E-state index contributed by atoms with van der Waals surface area (Å²) >= 11 is 0. The van der Waals surface area contributed by atoms with E-state index >= 15 is 0 Å². The van der Waals surface area contributed by atoms with Gasteiger partial charge in [-0.1, -0.05) is 31.5 Å². The minimum absolute atomic E-state index is 0.00877. The molecular weight excluding hydrogens is 316 g/mol. The Labute approximate surface area is 149 Å². The van der Waals surface area contributed by atoms with E-state index in [1.165, 1.54) is 0 Å². The van der Waals surface area contributed by atoms with Gasteiger partial charge >= 0.3 is 0 Å². The normalized spacial score (nSPS) is 22.4. The number of aryl methyl sites for hydroxylation is 1. The van der Waals surface area contributed by atoms with E-state index in [-0.39, 0.29) is 29.4 Å². The van der Waals surface area contributed by atoms with Crippen molar-refractivity contribution >= 4 is 11.8 Å². The number of rotatable bonds is 3. The molecule has 1 atom stereocenters. The van der Waals surface area contributed by atoms with Crippen molar-refractivity contribution in [2.75, 3.05) is 19.7 Å². The number of piperidine rings is 1. The highest BCUT2D eigenvalue weighted by atomic mass is 16.5. The molecule has 0 radical (unpaired) electrons. The SMILES string of the molecule is Cc1ccc(C(=O)N2CCC3(CC2)C[C@H](NC(=O)C(C)C)CO3)cc1. The molecule has 1 aromatic carbocycles. The van der Waals surface area contributed by atoms with Gasteiger partial charge in [0.15, 0.2) is 0 Å². The molecule has 2 aliphatic heterocycles. The maximum atomic E-state index is 12.6. The lowest BCUT2D eigenvalue weighted by molar-refractivity contribution is -0.124. The number of amides is 2. The van der Waals surface area contributed by atoms with Gasteiger partial charge in [-0.25, -0.2) is 0 Å². The number of nitrogens with one attached hydrogen (secondary N) is 1. The molecule has 2 amide bonds. The van der Waals surface area contributed by atoms with Crippen LogP contribution in [0.25, 0.3) is 0 Å². The number of ether oxygens (including phenoxy) is 1. The summed E-state index contributed by atoms with van der Waals surface area (Å²) in [6, 6.07) is 7.83. The molecule has 0 aliphatic carbocycles. The summed E-state index contributed by atoms with van der Waals surface area (Å²) in [5.41, 5.74) is 1.72. The Hall–Kier alpha value is -1.88. The van der Waals surface area contributed by atoms with Crippen LogP contribution < -0.4 is 5.32 Å². The molecule has 0 bridgehead atoms. The summed E-state index contributed by atoms with van der Waals surface area (Å²) in [4.78, 5) is 26.4. The van der Waals surface area contributed by atoms with Gasteiger partial charge in [-0.3, -0.25) is 9.59 Å². The highest BCUT2D eigenvalue weighted by Crippen LogP contribution is 2.36. The van der Waals surface area contributed by atoms with Crippen LogP contribution in [0.2, 0.25) is 0 Å². The molecule has 5 nitrogen and oxygen atoms in total. The van der Waals surface area contributed by atoms with Crippen LogP contribution in [0.1, 0.15) is 49.0 Å². The maximum Gasteiger partial charge on any atom is 0.253 e. The fraction of sp³-hybridized carbons (Fsp3) is 0.600. The van der Waals surface area contributed by atoms with Crippen molar-refractivity contribution in [3.05, 3.63) is 35.4 Å². The quantitative estimate of drug-likeness (QED) is 0.917. The second-order valence-electron chi connectivity index (χ2n) is 7.72. The maximum absolute atomic E-state index is 12.6. The van der Waals surface area contributed by atoms with Crippen molar-refractivity contribution in [3.63, 3.8) is 0 Å². The number of hydrogen-bond acceptors (Lipinski definition) is 3. The van der Waals surface area contributed by atoms with Gasteiger partial charge in [-0.15, -0.1) is 0 Å². The fourth-order valence-electron chi connectivity index (χ4n) is 3.65. The molecule has 2 fully saturated rings. The average Bonchev–Trinajstić information content (AvgIpc) is 2.98. The van der Waals surface area contributed by atoms with Crippen LogP contribution in [0.5, 0.6) is 0 Å². The Morgan fingerprint density at radius 1 is 1.20 bits per heavy atom. The van der Waals surface area contributed by atoms with E-state index < -0.39 is 0 Å². The van der Waals surface area contributed by atoms with Crippen LogP contribution >= 0.6 is 0 Å². The molecule has 3 rings (SSSR count). The lowest BCUT2D eigenvalue weighted by Gasteiger charge is -2.38. The molecule has 2 heterocycles. The summed E-state index contributed by atoms with van der Waals surface area (Å²) in [7, 11) is 0. The zero-order valence-corrected chi connectivity index (χ0v) is 15.4. The van der Waals surface area contributed by atoms with Crippen LogP contribution in [0.15, 0.2) is 24.3 Å². The van der Waals surface area contributed by atoms with E-state index in [0.717, 1.165) is 30.4 Å². The summed E-state index contributed by atoms with van der Waals surface area (Å²) in [5, 5.41) is 3.07. The largest absolute Gasteiger partial charge is 0.373 e. The van der Waals surface area contributed by atoms with Crippen LogP contribution in [-0.4, -0.2) is 48.1 Å². The molecular formula is C20H28N2O3. The number of carbonyl (C=O) groups is 2. The first-order valence-electron chi connectivity index (χ1n) is 9.19. The van der Waals surface area contributed by atoms with Crippen LogP contribution in [0.3, 0.4) is 0 Å². The van der Waals surface area contributed by atoms with E-state index in [2.05, 4.69) is 5.32 Å². The second-order valence-corrected chi connectivity index (χ2v) is 7.72. The summed E-state index contributed by atoms with van der Waals surface area (Å²) in [6.07, 6.45) is 2.51. The highest BCUT2D eigenvalue weighted by molar-refractivity contribution is 5.94. The first kappa shape index (κ1) is 17.9. The first-order chi connectivity index (χ1) is 11.9. The van der Waals surface area contributed by atoms with E-state index in [0.29, 0.717) is 19.7 Å². The monoisotopic (exact) mass is 344 g/mol. The Morgan fingerprint density at radius 3 is 2.44 bits per heavy atom. The predicted octanol–water partition coefficient (Wildman–Crippen LogP) is 2.53. The lowest BCUT2D eigenvalue weighted by atomic mass is 9.87. The summed E-state index contributed by atoms with van der Waals surface area (Å²) < 4.78 is 6.07. The zero-order chi connectivity index (χ0) is 18.0. The van der Waals surface area contributed by atoms with Crippen molar-refractivity contribution in [3.8, 4) is 0 Å². The van der Waals surface area contributed by atoms with Gasteiger partial charge in [0.2, 0.25) is 5.91 Å². The van der Waals surface area contributed by atoms with Crippen molar-refractivity contribution < 1.29 is 14.3 Å². The lowest BCUT2D eigenvalue weighted by Crippen LogP contribution is -2.47. The Bertz CT molecular complexity index is 631. The third-order valence-corrected chi connectivity index (χ3v) is 5.34. The molecule has 1 aromatic rings. The van der Waals surface area contributed by atoms with Gasteiger partial charge in [0.05, 0.1) is 18.2 Å². The second kappa shape index (κ2) is 7.16. The number of benzene rings is 1. The van der Waals surface area contributed by atoms with Gasteiger partial charge in [0.25, 0.3) is 5.91 Å². The van der Waals surface area contributed by atoms with Gasteiger partial charge in [-0.05, 0) is 38.3 Å². The van der Waals surface area contributed by atoms with E-state index in [4.69, 9.17) is 4.74 Å². The molecule has 0 unspecified atom stereocenters. The third-order valence-electron chi connectivity index (χ3n) is 5.34. The smallest absolute Gasteiger partial charge is 0.253 e. The van der Waals surface area contributed by atoms with Gasteiger partial charge in [0.1, 0.15) is 0 Å². The first-order valence-corrected chi connectivity index (χ1v) is 9.19. The highest BCUT2D eigenvalue weighted by Gasteiger charge is 2.43. The number of likely N-dealkylation sites (tertiary alicyclic amines) is 1. The van der Waals surface area contributed by atoms with Crippen molar-refractivity contribution in [2.45, 2.75) is 51.7 Å². The summed E-state index contributed by atoms with van der Waals surface area (Å²) in [6.45, 7) is 7.80. The Balaban J connectivity index is 1.54. The van der Waals surface area contributed by atoms with Crippen LogP contribution in [0.4, 0.5) is 0 Å². The predicted molar refractivity (Wildman–Crippen MR) is 96.4 cm³/mol. The molecule has 2 aliphatic rings. The van der Waals surface area contributed by atoms with Gasteiger partial charge in [0, 0.05) is 24.6 Å². The van der Waals surface area contributed by atoms with Crippen molar-refractivity contribution in [1.82, 2.24) is 10.2 Å². The van der Waals surface area contributed by atoms with E-state index in [1.807, 2.05) is 49.9 Å². The average molecular weight is 344 g/mol. The minimum atomic E-state index is -0.182. The molecule has 2 saturated heterocycles. The van der Waals surface area contributed by atoms with Crippen LogP contribution in [0, 0.1) is 12.8 Å². The molecule has 136 valence electrons. The van der Waals surface area contributed by atoms with E-state index in [9.17, 15) is 9.59 Å². The van der Waals surface area contributed by atoms with Gasteiger partial charge in [-0.2, -0.15) is 0 Å². The standard InChI is InChI=1S/C20H28N2O3/c1-14(2)18(23)21-17-12-20(25-13-17)8-10-22(11-9-20)19(24)16-6-4-15(3)5-7-16/h4-7,14,17H,8-13H2,1-3H3,(H,21,23)/t17-/m0/s1. The third kappa shape index (κ3) is 4.03. The molecule has 25 heavy (non-hydrogen) atoms. The topological polar surface area (TPSA) is 58.6 Å². The summed E-state index contributed by atoms with van der Waals surface area (Å²) in [5.74, 6) is 0.167. The van der Waals surface area contributed by atoms with Gasteiger partial charge < -0.3 is 15.0 Å². The minimum Gasteiger partial charge on any atom is -0.373 e. The number of nitrogens with zero attached hydrogens (tertiary/aromatic N) is 1. The molecule has 1 N–H and O–H groups in total. The molecule has 5 heteroatoms. The van der Waals surface area contributed by atoms with E-state index in [1.54, 1.807) is 0 Å².